The number of carbonyl (C=O) groups is 2. The fourth-order valence-electron chi connectivity index (χ4n) is 3.46. The molecule has 1 saturated heterocycles. The van der Waals surface area contributed by atoms with Gasteiger partial charge in [0, 0.05) is 44.0 Å². The number of rotatable bonds is 7. The van der Waals surface area contributed by atoms with Crippen LogP contribution in [0.5, 0.6) is 0 Å². The van der Waals surface area contributed by atoms with Gasteiger partial charge in [0.15, 0.2) is 0 Å². The van der Waals surface area contributed by atoms with E-state index in [-0.39, 0.29) is 67.6 Å². The van der Waals surface area contributed by atoms with Gasteiger partial charge in [-0.2, -0.15) is 4.31 Å². The Morgan fingerprint density at radius 1 is 1.00 bits per heavy atom. The summed E-state index contributed by atoms with van der Waals surface area (Å²) in [5.74, 6) is -0.823. The Bertz CT molecular complexity index is 1050. The van der Waals surface area contributed by atoms with Gasteiger partial charge in [0.1, 0.15) is 5.82 Å². The zero-order chi connectivity index (χ0) is 23.3. The number of sulfonamides is 1. The lowest BCUT2D eigenvalue weighted by Gasteiger charge is -2.34. The highest BCUT2D eigenvalue weighted by Crippen LogP contribution is 2.20. The minimum Gasteiger partial charge on any atom is -0.350 e. The van der Waals surface area contributed by atoms with Crippen molar-refractivity contribution < 1.29 is 22.4 Å². The second-order valence-corrected chi connectivity index (χ2v) is 9.95. The summed E-state index contributed by atoms with van der Waals surface area (Å²) in [5, 5.41) is 3.25. The summed E-state index contributed by atoms with van der Waals surface area (Å²) in [6.45, 7) is 2.68. The van der Waals surface area contributed by atoms with Crippen molar-refractivity contribution in [3.05, 3.63) is 64.9 Å². The van der Waals surface area contributed by atoms with Crippen molar-refractivity contribution in [2.24, 2.45) is 0 Å². The summed E-state index contributed by atoms with van der Waals surface area (Å²) in [5.41, 5.74) is 0.768. The van der Waals surface area contributed by atoms with Crippen LogP contribution in [-0.2, 0) is 19.6 Å². The van der Waals surface area contributed by atoms with E-state index in [1.54, 1.807) is 24.0 Å². The molecule has 172 valence electrons. The van der Waals surface area contributed by atoms with E-state index < -0.39 is 10.0 Å². The first-order valence-corrected chi connectivity index (χ1v) is 12.1. The molecule has 2 aromatic carbocycles. The molecule has 0 saturated carbocycles. The lowest BCUT2D eigenvalue weighted by Crippen LogP contribution is -2.50. The number of amides is 2. The Morgan fingerprint density at radius 3 is 2.19 bits per heavy atom. The summed E-state index contributed by atoms with van der Waals surface area (Å²) in [7, 11) is -3.65. The fourth-order valence-corrected chi connectivity index (χ4v) is 5.01. The molecule has 1 unspecified atom stereocenters. The molecular weight excluding hydrogens is 457 g/mol. The lowest BCUT2D eigenvalue weighted by molar-refractivity contribution is -0.134. The van der Waals surface area contributed by atoms with Crippen LogP contribution in [0.2, 0.25) is 5.02 Å². The molecule has 1 heterocycles. The smallest absolute Gasteiger partial charge is 0.243 e. The predicted octanol–water partition coefficient (Wildman–Crippen LogP) is 2.97. The van der Waals surface area contributed by atoms with E-state index in [2.05, 4.69) is 5.32 Å². The first-order valence-electron chi connectivity index (χ1n) is 10.2. The highest BCUT2D eigenvalue weighted by Gasteiger charge is 2.30. The Labute approximate surface area is 192 Å². The Morgan fingerprint density at radius 2 is 1.59 bits per heavy atom. The van der Waals surface area contributed by atoms with Gasteiger partial charge in [-0.05, 0) is 48.9 Å². The molecule has 2 aromatic rings. The average molecular weight is 482 g/mol. The maximum absolute atomic E-state index is 13.0. The van der Waals surface area contributed by atoms with Gasteiger partial charge in [-0.15, -0.1) is 0 Å². The van der Waals surface area contributed by atoms with E-state index in [4.69, 9.17) is 11.6 Å². The number of hydrogen-bond acceptors (Lipinski definition) is 4. The van der Waals surface area contributed by atoms with E-state index in [9.17, 15) is 22.4 Å². The van der Waals surface area contributed by atoms with Crippen LogP contribution in [0.1, 0.15) is 31.4 Å². The minimum atomic E-state index is -3.65. The molecule has 3 rings (SSSR count). The molecule has 0 radical (unpaired) electrons. The van der Waals surface area contributed by atoms with Gasteiger partial charge in [0.25, 0.3) is 0 Å². The molecule has 7 nitrogen and oxygen atoms in total. The summed E-state index contributed by atoms with van der Waals surface area (Å²) in [6.07, 6.45) is 0.0551. The van der Waals surface area contributed by atoms with Crippen LogP contribution in [0, 0.1) is 5.82 Å². The molecule has 1 aliphatic heterocycles. The SMILES string of the molecule is CC(NC(=O)CCC(=O)N1CCN(S(=O)(=O)c2ccc(Cl)cc2)CC1)c1ccc(F)cc1. The maximum Gasteiger partial charge on any atom is 0.243 e. The first kappa shape index (κ1) is 24.2. The van der Waals surface area contributed by atoms with Crippen molar-refractivity contribution >= 4 is 33.4 Å². The number of benzene rings is 2. The third-order valence-electron chi connectivity index (χ3n) is 5.36. The molecule has 32 heavy (non-hydrogen) atoms. The van der Waals surface area contributed by atoms with Gasteiger partial charge in [-0.1, -0.05) is 23.7 Å². The van der Waals surface area contributed by atoms with Crippen LogP contribution in [-0.4, -0.2) is 55.6 Å². The van der Waals surface area contributed by atoms with Crippen molar-refractivity contribution in [2.45, 2.75) is 30.7 Å². The zero-order valence-corrected chi connectivity index (χ0v) is 19.2. The minimum absolute atomic E-state index is 0.0215. The molecule has 0 aromatic heterocycles. The number of piperazine rings is 1. The van der Waals surface area contributed by atoms with E-state index in [1.165, 1.54) is 40.7 Å². The molecule has 1 atom stereocenters. The third-order valence-corrected chi connectivity index (χ3v) is 7.52. The van der Waals surface area contributed by atoms with Crippen LogP contribution in [0.3, 0.4) is 0 Å². The maximum atomic E-state index is 13.0. The summed E-state index contributed by atoms with van der Waals surface area (Å²) < 4.78 is 39.8. The highest BCUT2D eigenvalue weighted by molar-refractivity contribution is 7.89. The van der Waals surface area contributed by atoms with Gasteiger partial charge >= 0.3 is 0 Å². The second-order valence-electron chi connectivity index (χ2n) is 7.58. The molecule has 1 fully saturated rings. The normalized spacial score (nSPS) is 15.9. The van der Waals surface area contributed by atoms with Gasteiger partial charge in [-0.3, -0.25) is 9.59 Å². The molecular formula is C22H25ClFN3O4S. The summed E-state index contributed by atoms with van der Waals surface area (Å²) in [4.78, 5) is 26.4. The van der Waals surface area contributed by atoms with Gasteiger partial charge < -0.3 is 10.2 Å². The molecule has 0 bridgehead atoms. The lowest BCUT2D eigenvalue weighted by atomic mass is 10.1. The number of carbonyl (C=O) groups excluding carboxylic acids is 2. The highest BCUT2D eigenvalue weighted by atomic mass is 35.5. The molecule has 10 heteroatoms. The fraction of sp³-hybridized carbons (Fsp3) is 0.364. The second kappa shape index (κ2) is 10.4. The van der Waals surface area contributed by atoms with Crippen molar-refractivity contribution in [1.29, 1.82) is 0 Å². The van der Waals surface area contributed by atoms with Crippen LogP contribution in [0.25, 0.3) is 0 Å². The monoisotopic (exact) mass is 481 g/mol. The number of nitrogens with one attached hydrogen (secondary N) is 1. The molecule has 1 aliphatic rings. The Kier molecular flexibility index (Phi) is 7.86. The van der Waals surface area contributed by atoms with Crippen molar-refractivity contribution in [1.82, 2.24) is 14.5 Å². The van der Waals surface area contributed by atoms with Crippen molar-refractivity contribution in [3.63, 3.8) is 0 Å². The van der Waals surface area contributed by atoms with E-state index in [0.717, 1.165) is 5.56 Å². The van der Waals surface area contributed by atoms with Gasteiger partial charge in [0.05, 0.1) is 10.9 Å². The molecule has 2 amide bonds. The number of nitrogens with zero attached hydrogens (tertiary/aromatic N) is 2. The van der Waals surface area contributed by atoms with E-state index in [0.29, 0.717) is 5.02 Å². The zero-order valence-electron chi connectivity index (χ0n) is 17.6. The standard InChI is InChI=1S/C22H25ClFN3O4S/c1-16(17-2-6-19(24)7-3-17)25-21(28)10-11-22(29)26-12-14-27(15-13-26)32(30,31)20-8-4-18(23)5-9-20/h2-9,16H,10-15H2,1H3,(H,25,28). The van der Waals surface area contributed by atoms with Gasteiger partial charge in [-0.25, -0.2) is 12.8 Å². The third kappa shape index (κ3) is 6.05. The number of hydrogen-bond donors (Lipinski definition) is 1. The van der Waals surface area contributed by atoms with Crippen LogP contribution in [0.4, 0.5) is 4.39 Å². The molecule has 0 spiro atoms. The first-order chi connectivity index (χ1) is 15.2. The largest absolute Gasteiger partial charge is 0.350 e. The molecule has 0 aliphatic carbocycles. The summed E-state index contributed by atoms with van der Waals surface area (Å²) >= 11 is 5.82. The topological polar surface area (TPSA) is 86.8 Å². The van der Waals surface area contributed by atoms with E-state index in [1.807, 2.05) is 0 Å². The van der Waals surface area contributed by atoms with Crippen LogP contribution < -0.4 is 5.32 Å². The van der Waals surface area contributed by atoms with Crippen LogP contribution in [0.15, 0.2) is 53.4 Å². The molecule has 1 N–H and O–H groups in total. The quantitative estimate of drug-likeness (QED) is 0.658. The van der Waals surface area contributed by atoms with Gasteiger partial charge in [0.2, 0.25) is 21.8 Å². The summed E-state index contributed by atoms with van der Waals surface area (Å²) in [6, 6.07) is 11.5. The van der Waals surface area contributed by atoms with Crippen LogP contribution >= 0.6 is 11.6 Å². The Balaban J connectivity index is 1.45. The Hall–Kier alpha value is -2.49. The van der Waals surface area contributed by atoms with Crippen molar-refractivity contribution in [3.8, 4) is 0 Å². The average Bonchev–Trinajstić information content (AvgIpc) is 2.78. The number of halogens is 2. The van der Waals surface area contributed by atoms with E-state index >= 15 is 0 Å². The van der Waals surface area contributed by atoms with Crippen molar-refractivity contribution in [2.75, 3.05) is 26.2 Å². The predicted molar refractivity (Wildman–Crippen MR) is 119 cm³/mol.